The topological polar surface area (TPSA) is 17.1 Å². The van der Waals surface area contributed by atoms with E-state index in [1.54, 1.807) is 6.92 Å². The number of carbonyl (C=O) groups is 1. The van der Waals surface area contributed by atoms with E-state index in [4.69, 9.17) is 0 Å². The van der Waals surface area contributed by atoms with Gasteiger partial charge in [-0.25, -0.2) is 0 Å². The van der Waals surface area contributed by atoms with Crippen LogP contribution in [-0.4, -0.2) is 5.78 Å². The molecule has 0 heterocycles. The van der Waals surface area contributed by atoms with Crippen molar-refractivity contribution in [3.05, 3.63) is 33.1 Å². The minimum atomic E-state index is 0.125. The summed E-state index contributed by atoms with van der Waals surface area (Å²) in [5.74, 6) is 0.125. The highest BCUT2D eigenvalue weighted by Crippen LogP contribution is 2.11. The van der Waals surface area contributed by atoms with Crippen LogP contribution in [0.5, 0.6) is 0 Å². The van der Waals surface area contributed by atoms with Crippen LogP contribution in [0.3, 0.4) is 0 Å². The van der Waals surface area contributed by atoms with Gasteiger partial charge in [0.05, 0.1) is 0 Å². The van der Waals surface area contributed by atoms with Gasteiger partial charge in [-0.3, -0.25) is 4.79 Å². The second-order valence-electron chi connectivity index (χ2n) is 3.76. The molecule has 0 amide bonds. The maximum Gasteiger partial charge on any atom is 0.155 e. The van der Waals surface area contributed by atoms with E-state index >= 15 is 0 Å². The first-order valence-electron chi connectivity index (χ1n) is 5.00. The average Bonchev–Trinajstić information content (AvgIpc) is 2.15. The smallest absolute Gasteiger partial charge is 0.155 e. The maximum absolute atomic E-state index is 10.8. The van der Waals surface area contributed by atoms with Crippen molar-refractivity contribution in [3.8, 4) is 0 Å². The zero-order chi connectivity index (χ0) is 13.5. The molecule has 0 aromatic rings. The maximum atomic E-state index is 10.8. The molecule has 0 N–H and O–H groups in total. The molecule has 16 heavy (non-hydrogen) atoms. The Morgan fingerprint density at radius 3 is 1.19 bits per heavy atom. The molecule has 0 bridgehead atoms. The van der Waals surface area contributed by atoms with Crippen LogP contribution >= 0.6 is 25.3 Å². The summed E-state index contributed by atoms with van der Waals surface area (Å²) in [6, 6.07) is 0. The first-order valence-corrected chi connectivity index (χ1v) is 5.90. The van der Waals surface area contributed by atoms with E-state index in [1.165, 1.54) is 0 Å². The molecule has 92 valence electrons. The van der Waals surface area contributed by atoms with Gasteiger partial charge in [0.25, 0.3) is 0 Å². The summed E-state index contributed by atoms with van der Waals surface area (Å²) in [7, 11) is 0. The number of hydrogen-bond acceptors (Lipinski definition) is 3. The third kappa shape index (κ3) is 8.86. The predicted molar refractivity (Wildman–Crippen MR) is 80.2 cm³/mol. The summed E-state index contributed by atoms with van der Waals surface area (Å²) in [5, 5.41) is 0. The second-order valence-corrected chi connectivity index (χ2v) is 5.10. The van der Waals surface area contributed by atoms with Gasteiger partial charge in [-0.05, 0) is 62.5 Å². The summed E-state index contributed by atoms with van der Waals surface area (Å²) in [4.78, 5) is 12.8. The van der Waals surface area contributed by atoms with Crippen LogP contribution in [0.25, 0.3) is 0 Å². The van der Waals surface area contributed by atoms with Gasteiger partial charge < -0.3 is 0 Å². The molecule has 0 aliphatic carbocycles. The number of hydrogen-bond donors (Lipinski definition) is 2. The SMILES string of the molecule is C/C(S)=C(\C)S.C=C(C)/C(C)=C(/C)C(C)=O. The lowest BCUT2D eigenvalue weighted by Gasteiger charge is -2.02. The van der Waals surface area contributed by atoms with E-state index < -0.39 is 0 Å². The van der Waals surface area contributed by atoms with Crippen molar-refractivity contribution in [1.82, 2.24) is 0 Å². The zero-order valence-corrected chi connectivity index (χ0v) is 12.8. The fourth-order valence-electron chi connectivity index (χ4n) is 0.584. The Morgan fingerprint density at radius 2 is 1.12 bits per heavy atom. The molecule has 0 unspecified atom stereocenters. The quantitative estimate of drug-likeness (QED) is 0.421. The third-order valence-electron chi connectivity index (χ3n) is 2.25. The van der Waals surface area contributed by atoms with Gasteiger partial charge in [-0.15, -0.1) is 25.3 Å². The standard InChI is InChI=1S/C9H14O.C4H8S2/c1-6(2)7(3)8(4)9(5)10;1-3(5)4(2)6/h1H2,2-5H3;5-6H,1-2H3/b8-7-;4-3-. The molecule has 0 aliphatic rings. The first kappa shape index (κ1) is 18.0. The van der Waals surface area contributed by atoms with Gasteiger partial charge in [0.2, 0.25) is 0 Å². The molecule has 0 rings (SSSR count). The number of Topliss-reactive ketones (excluding diaryl/α,β-unsaturated/α-hetero) is 1. The Morgan fingerprint density at radius 1 is 0.812 bits per heavy atom. The molecule has 0 saturated heterocycles. The largest absolute Gasteiger partial charge is 0.295 e. The molecule has 1 nitrogen and oxygen atoms in total. The lowest BCUT2D eigenvalue weighted by atomic mass is 10.0. The molecule has 0 saturated carbocycles. The monoisotopic (exact) mass is 258 g/mol. The number of thiol groups is 2. The molecular formula is C13H22OS2. The molecule has 0 atom stereocenters. The summed E-state index contributed by atoms with van der Waals surface area (Å²) in [6.07, 6.45) is 0. The highest BCUT2D eigenvalue weighted by atomic mass is 32.1. The predicted octanol–water partition coefficient (Wildman–Crippen LogP) is 4.59. The Labute approximate surface area is 111 Å². The molecule has 0 spiro atoms. The van der Waals surface area contributed by atoms with Crippen molar-refractivity contribution in [1.29, 1.82) is 0 Å². The van der Waals surface area contributed by atoms with E-state index in [1.807, 2.05) is 34.6 Å². The van der Waals surface area contributed by atoms with E-state index in [-0.39, 0.29) is 5.78 Å². The van der Waals surface area contributed by atoms with Gasteiger partial charge in [-0.1, -0.05) is 12.2 Å². The summed E-state index contributed by atoms with van der Waals surface area (Å²) < 4.78 is 0. The highest BCUT2D eigenvalue weighted by Gasteiger charge is 2.01. The van der Waals surface area contributed by atoms with Crippen LogP contribution in [0.2, 0.25) is 0 Å². The fourth-order valence-corrected chi connectivity index (χ4v) is 0.584. The fraction of sp³-hybridized carbons (Fsp3) is 0.462. The molecule has 0 radical (unpaired) electrons. The molecule has 0 aromatic carbocycles. The van der Waals surface area contributed by atoms with E-state index in [9.17, 15) is 4.79 Å². The van der Waals surface area contributed by atoms with Crippen LogP contribution in [0.15, 0.2) is 33.1 Å². The van der Waals surface area contributed by atoms with Gasteiger partial charge in [0.15, 0.2) is 5.78 Å². The number of ketones is 1. The van der Waals surface area contributed by atoms with Crippen molar-refractivity contribution in [2.75, 3.05) is 0 Å². The van der Waals surface area contributed by atoms with Crippen LogP contribution in [0, 0.1) is 0 Å². The minimum Gasteiger partial charge on any atom is -0.295 e. The number of allylic oxidation sites excluding steroid dienone is 5. The Hall–Kier alpha value is -0.410. The first-order chi connectivity index (χ1) is 7.11. The Bertz CT molecular complexity index is 296. The summed E-state index contributed by atoms with van der Waals surface area (Å²) >= 11 is 7.99. The molecule has 0 fully saturated rings. The van der Waals surface area contributed by atoms with Gasteiger partial charge in [-0.2, -0.15) is 0 Å². The Balaban J connectivity index is 0. The number of rotatable bonds is 2. The lowest BCUT2D eigenvalue weighted by molar-refractivity contribution is -0.113. The van der Waals surface area contributed by atoms with E-state index in [0.29, 0.717) is 0 Å². The van der Waals surface area contributed by atoms with Crippen molar-refractivity contribution < 1.29 is 4.79 Å². The molecular weight excluding hydrogens is 236 g/mol. The Kier molecular flexibility index (Phi) is 9.78. The van der Waals surface area contributed by atoms with Crippen LogP contribution in [0.1, 0.15) is 41.5 Å². The molecule has 0 aliphatic heterocycles. The van der Waals surface area contributed by atoms with E-state index in [0.717, 1.165) is 26.5 Å². The normalized spacial score (nSPS) is 13.0. The average molecular weight is 258 g/mol. The molecule has 0 aromatic heterocycles. The minimum absolute atomic E-state index is 0.125. The van der Waals surface area contributed by atoms with E-state index in [2.05, 4.69) is 31.8 Å². The van der Waals surface area contributed by atoms with Crippen molar-refractivity contribution >= 4 is 31.0 Å². The third-order valence-corrected chi connectivity index (χ3v) is 3.10. The van der Waals surface area contributed by atoms with Gasteiger partial charge in [0, 0.05) is 0 Å². The van der Waals surface area contributed by atoms with Crippen LogP contribution in [-0.2, 0) is 4.79 Å². The molecule has 3 heteroatoms. The van der Waals surface area contributed by atoms with Crippen molar-refractivity contribution in [3.63, 3.8) is 0 Å². The zero-order valence-electron chi connectivity index (χ0n) is 11.0. The van der Waals surface area contributed by atoms with Crippen LogP contribution < -0.4 is 0 Å². The number of carbonyl (C=O) groups excluding carboxylic acids is 1. The summed E-state index contributed by atoms with van der Waals surface area (Å²) in [6.45, 7) is 14.8. The van der Waals surface area contributed by atoms with Crippen LogP contribution in [0.4, 0.5) is 0 Å². The van der Waals surface area contributed by atoms with Crippen molar-refractivity contribution in [2.45, 2.75) is 41.5 Å². The van der Waals surface area contributed by atoms with Crippen molar-refractivity contribution in [2.24, 2.45) is 0 Å². The highest BCUT2D eigenvalue weighted by molar-refractivity contribution is 7.88. The lowest BCUT2D eigenvalue weighted by Crippen LogP contribution is -1.95. The second kappa shape index (κ2) is 8.71. The van der Waals surface area contributed by atoms with Gasteiger partial charge >= 0.3 is 0 Å². The summed E-state index contributed by atoms with van der Waals surface area (Å²) in [5.41, 5.74) is 2.78. The van der Waals surface area contributed by atoms with Gasteiger partial charge in [0.1, 0.15) is 0 Å².